The predicted octanol–water partition coefficient (Wildman–Crippen LogP) is 3.87. The summed E-state index contributed by atoms with van der Waals surface area (Å²) < 4.78 is 33.4. The number of halogens is 1. The largest absolute Gasteiger partial charge is 0.495 e. The zero-order valence-corrected chi connectivity index (χ0v) is 15.9. The van der Waals surface area contributed by atoms with Gasteiger partial charge in [-0.15, -0.1) is 11.3 Å². The van der Waals surface area contributed by atoms with E-state index in [-0.39, 0.29) is 9.92 Å². The van der Waals surface area contributed by atoms with E-state index in [1.165, 1.54) is 25.3 Å². The van der Waals surface area contributed by atoms with Crippen molar-refractivity contribution in [3.63, 3.8) is 0 Å². The van der Waals surface area contributed by atoms with Gasteiger partial charge in [-0.25, -0.2) is 18.1 Å². The fourth-order valence-corrected chi connectivity index (χ4v) is 4.80. The highest BCUT2D eigenvalue weighted by Crippen LogP contribution is 2.27. The Morgan fingerprint density at radius 2 is 2.04 bits per heavy atom. The molecule has 1 heterocycles. The van der Waals surface area contributed by atoms with E-state index in [2.05, 4.69) is 9.71 Å². The van der Waals surface area contributed by atoms with E-state index in [9.17, 15) is 8.42 Å². The molecule has 0 aliphatic rings. The molecule has 0 fully saturated rings. The van der Waals surface area contributed by atoms with Crippen LogP contribution in [0.2, 0.25) is 5.02 Å². The summed E-state index contributed by atoms with van der Waals surface area (Å²) in [6, 6.07) is 12.4. The molecule has 0 saturated carbocycles. The van der Waals surface area contributed by atoms with Crippen molar-refractivity contribution < 1.29 is 13.2 Å². The minimum absolute atomic E-state index is 0.123. The number of aryl methyl sites for hydroxylation is 1. The number of benzene rings is 2. The van der Waals surface area contributed by atoms with E-state index in [0.717, 1.165) is 21.6 Å². The number of sulfonamides is 1. The first-order valence-electron chi connectivity index (χ1n) is 7.67. The van der Waals surface area contributed by atoms with Crippen LogP contribution in [-0.4, -0.2) is 27.1 Å². The van der Waals surface area contributed by atoms with Gasteiger partial charge in [-0.05, 0) is 36.8 Å². The maximum Gasteiger partial charge on any atom is 0.240 e. The zero-order valence-electron chi connectivity index (χ0n) is 13.5. The third-order valence-corrected chi connectivity index (χ3v) is 6.48. The molecule has 0 aliphatic heterocycles. The normalized spacial score (nSPS) is 11.8. The molecule has 0 aliphatic carbocycles. The lowest BCUT2D eigenvalue weighted by atomic mass is 10.3. The van der Waals surface area contributed by atoms with Crippen molar-refractivity contribution in [3.8, 4) is 5.75 Å². The Hall–Kier alpha value is -1.67. The van der Waals surface area contributed by atoms with Gasteiger partial charge in [-0.1, -0.05) is 23.7 Å². The van der Waals surface area contributed by atoms with Crippen molar-refractivity contribution >= 4 is 43.2 Å². The highest BCUT2D eigenvalue weighted by Gasteiger charge is 2.15. The van der Waals surface area contributed by atoms with E-state index >= 15 is 0 Å². The summed E-state index contributed by atoms with van der Waals surface area (Å²) in [5.41, 5.74) is 0.982. The highest BCUT2D eigenvalue weighted by atomic mass is 35.5. The molecule has 0 spiro atoms. The van der Waals surface area contributed by atoms with Crippen LogP contribution in [0.4, 0.5) is 0 Å². The second-order valence-electron chi connectivity index (χ2n) is 5.37. The Kier molecular flexibility index (Phi) is 5.58. The summed E-state index contributed by atoms with van der Waals surface area (Å²) in [4.78, 5) is 4.67. The van der Waals surface area contributed by atoms with Gasteiger partial charge in [0.2, 0.25) is 10.0 Å². The van der Waals surface area contributed by atoms with E-state index in [1.807, 2.05) is 24.3 Å². The summed E-state index contributed by atoms with van der Waals surface area (Å²) in [6.07, 6.45) is 1.40. The van der Waals surface area contributed by atoms with Crippen LogP contribution in [0.1, 0.15) is 11.4 Å². The molecule has 0 amide bonds. The molecular weight excluding hydrogens is 380 g/mol. The van der Waals surface area contributed by atoms with Crippen LogP contribution in [0.15, 0.2) is 47.4 Å². The van der Waals surface area contributed by atoms with Crippen LogP contribution < -0.4 is 9.46 Å². The maximum absolute atomic E-state index is 12.3. The minimum atomic E-state index is -3.59. The first kappa shape index (κ1) is 18.1. The molecule has 0 unspecified atom stereocenters. The molecule has 0 atom stereocenters. The quantitative estimate of drug-likeness (QED) is 0.615. The van der Waals surface area contributed by atoms with Crippen LogP contribution in [0, 0.1) is 0 Å². The summed E-state index contributed by atoms with van der Waals surface area (Å²) in [5.74, 6) is 0.441. The summed E-state index contributed by atoms with van der Waals surface area (Å²) >= 11 is 7.63. The molecule has 0 radical (unpaired) electrons. The van der Waals surface area contributed by atoms with E-state index < -0.39 is 10.0 Å². The molecule has 0 bridgehead atoms. The summed E-state index contributed by atoms with van der Waals surface area (Å²) in [7, 11) is -2.11. The third-order valence-electron chi connectivity index (χ3n) is 3.63. The fourth-order valence-electron chi connectivity index (χ4n) is 2.37. The van der Waals surface area contributed by atoms with Crippen LogP contribution >= 0.6 is 22.9 Å². The van der Waals surface area contributed by atoms with Crippen molar-refractivity contribution in [2.24, 2.45) is 0 Å². The van der Waals surface area contributed by atoms with Gasteiger partial charge in [-0.2, -0.15) is 0 Å². The van der Waals surface area contributed by atoms with Crippen LogP contribution in [-0.2, 0) is 16.4 Å². The predicted molar refractivity (Wildman–Crippen MR) is 101 cm³/mol. The number of ether oxygens (including phenoxy) is 1. The number of hydrogen-bond donors (Lipinski definition) is 1. The van der Waals surface area contributed by atoms with Crippen molar-refractivity contribution in [3.05, 3.63) is 52.5 Å². The van der Waals surface area contributed by atoms with Gasteiger partial charge in [0.1, 0.15) is 5.75 Å². The molecule has 5 nitrogen and oxygen atoms in total. The molecule has 3 rings (SSSR count). The van der Waals surface area contributed by atoms with Gasteiger partial charge in [0.05, 0.1) is 32.3 Å². The second kappa shape index (κ2) is 7.70. The lowest BCUT2D eigenvalue weighted by molar-refractivity contribution is 0.414. The van der Waals surface area contributed by atoms with Crippen molar-refractivity contribution in [1.29, 1.82) is 0 Å². The first-order valence-corrected chi connectivity index (χ1v) is 10.3. The standard InChI is InChI=1S/C17H17ClN2O3S2/c1-23-15-9-8-12(11-13(15)18)25(21,22)19-10-4-7-17-20-14-5-2-3-6-16(14)24-17/h2-3,5-6,8-9,11,19H,4,7,10H2,1H3. The Morgan fingerprint density at radius 1 is 1.24 bits per heavy atom. The Labute approximate surface area is 155 Å². The van der Waals surface area contributed by atoms with Crippen LogP contribution in [0.5, 0.6) is 5.75 Å². The summed E-state index contributed by atoms with van der Waals surface area (Å²) in [5, 5.41) is 1.27. The topological polar surface area (TPSA) is 68.3 Å². The average Bonchev–Trinajstić information content (AvgIpc) is 3.01. The number of thiazole rings is 1. The van der Waals surface area contributed by atoms with Crippen LogP contribution in [0.3, 0.4) is 0 Å². The average molecular weight is 397 g/mol. The van der Waals surface area contributed by atoms with Crippen molar-refractivity contribution in [1.82, 2.24) is 9.71 Å². The number of fused-ring (bicyclic) bond motifs is 1. The summed E-state index contributed by atoms with van der Waals surface area (Å²) in [6.45, 7) is 0.335. The molecule has 132 valence electrons. The van der Waals surface area contributed by atoms with E-state index in [1.54, 1.807) is 11.3 Å². The fraction of sp³-hybridized carbons (Fsp3) is 0.235. The van der Waals surface area contributed by atoms with Gasteiger partial charge >= 0.3 is 0 Å². The Morgan fingerprint density at radius 3 is 2.76 bits per heavy atom. The molecular formula is C17H17ClN2O3S2. The molecule has 2 aromatic carbocycles. The van der Waals surface area contributed by atoms with Gasteiger partial charge in [-0.3, -0.25) is 0 Å². The minimum Gasteiger partial charge on any atom is -0.495 e. The number of nitrogens with one attached hydrogen (secondary N) is 1. The molecule has 25 heavy (non-hydrogen) atoms. The van der Waals surface area contributed by atoms with Gasteiger partial charge in [0, 0.05) is 13.0 Å². The lowest BCUT2D eigenvalue weighted by Crippen LogP contribution is -2.25. The number of methoxy groups -OCH3 is 1. The van der Waals surface area contributed by atoms with Gasteiger partial charge in [0.25, 0.3) is 0 Å². The van der Waals surface area contributed by atoms with E-state index in [4.69, 9.17) is 16.3 Å². The smallest absolute Gasteiger partial charge is 0.240 e. The number of hydrogen-bond acceptors (Lipinski definition) is 5. The molecule has 1 N–H and O–H groups in total. The lowest BCUT2D eigenvalue weighted by Gasteiger charge is -2.08. The molecule has 1 aromatic heterocycles. The molecule has 8 heteroatoms. The zero-order chi connectivity index (χ0) is 17.9. The SMILES string of the molecule is COc1ccc(S(=O)(=O)NCCCc2nc3ccccc3s2)cc1Cl. The Balaban J connectivity index is 1.58. The first-order chi connectivity index (χ1) is 12.0. The van der Waals surface area contributed by atoms with Crippen molar-refractivity contribution in [2.75, 3.05) is 13.7 Å². The number of aromatic nitrogens is 1. The second-order valence-corrected chi connectivity index (χ2v) is 8.66. The number of nitrogens with zero attached hydrogens (tertiary/aromatic N) is 1. The number of para-hydroxylation sites is 1. The van der Waals surface area contributed by atoms with Crippen molar-refractivity contribution in [2.45, 2.75) is 17.7 Å². The third kappa shape index (κ3) is 4.30. The highest BCUT2D eigenvalue weighted by molar-refractivity contribution is 7.89. The Bertz CT molecular complexity index is 953. The number of rotatable bonds is 7. The van der Waals surface area contributed by atoms with Crippen LogP contribution in [0.25, 0.3) is 10.2 Å². The van der Waals surface area contributed by atoms with Gasteiger partial charge < -0.3 is 4.74 Å². The molecule has 3 aromatic rings. The molecule has 0 saturated heterocycles. The van der Waals surface area contributed by atoms with E-state index in [0.29, 0.717) is 18.7 Å². The maximum atomic E-state index is 12.3. The van der Waals surface area contributed by atoms with Gasteiger partial charge in [0.15, 0.2) is 0 Å². The monoisotopic (exact) mass is 396 g/mol.